The highest BCUT2D eigenvalue weighted by atomic mass is 19.4. The molecule has 0 aliphatic carbocycles. The van der Waals surface area contributed by atoms with Crippen LogP contribution in [0.5, 0.6) is 0 Å². The average Bonchev–Trinajstić information content (AvgIpc) is 2.79. The number of H-pyrrole nitrogens is 1. The summed E-state index contributed by atoms with van der Waals surface area (Å²) in [6, 6.07) is 5.41. The van der Waals surface area contributed by atoms with E-state index in [9.17, 15) is 22.8 Å². The third-order valence-corrected chi connectivity index (χ3v) is 2.91. The van der Waals surface area contributed by atoms with Gasteiger partial charge in [0.1, 0.15) is 11.5 Å². The van der Waals surface area contributed by atoms with Crippen molar-refractivity contribution in [3.63, 3.8) is 0 Å². The average molecular weight is 298 g/mol. The number of nitrogens with one attached hydrogen (secondary N) is 2. The number of fused-ring (bicyclic) bond motifs is 1. The molecule has 1 heterocycles. The molecule has 0 bridgehead atoms. The van der Waals surface area contributed by atoms with Gasteiger partial charge in [0.15, 0.2) is 0 Å². The summed E-state index contributed by atoms with van der Waals surface area (Å²) in [5, 5.41) is 2.90. The van der Waals surface area contributed by atoms with Crippen LogP contribution < -0.4 is 5.32 Å². The third kappa shape index (κ3) is 3.84. The van der Waals surface area contributed by atoms with Crippen LogP contribution >= 0.6 is 0 Å². The number of alkyl halides is 3. The van der Waals surface area contributed by atoms with E-state index >= 15 is 0 Å². The van der Waals surface area contributed by atoms with Crippen LogP contribution in [0.1, 0.15) is 25.5 Å². The number of hydrogen-bond acceptors (Lipinski definition) is 2. The molecule has 2 rings (SSSR count). The Kier molecular flexibility index (Phi) is 4.02. The number of halogens is 3. The van der Waals surface area contributed by atoms with Gasteiger partial charge in [-0.1, -0.05) is 0 Å². The van der Waals surface area contributed by atoms with Crippen molar-refractivity contribution in [3.8, 4) is 0 Å². The number of benzene rings is 1. The van der Waals surface area contributed by atoms with Crippen LogP contribution in [0.25, 0.3) is 10.9 Å². The minimum Gasteiger partial charge on any atom is -0.351 e. The summed E-state index contributed by atoms with van der Waals surface area (Å²) >= 11 is 0. The van der Waals surface area contributed by atoms with Gasteiger partial charge in [0.2, 0.25) is 5.91 Å². The normalized spacial score (nSPS) is 11.6. The van der Waals surface area contributed by atoms with Gasteiger partial charge in [0.25, 0.3) is 0 Å². The van der Waals surface area contributed by atoms with E-state index in [1.807, 2.05) is 0 Å². The second-order valence-electron chi connectivity index (χ2n) is 4.73. The van der Waals surface area contributed by atoms with Gasteiger partial charge in [-0.15, -0.1) is 0 Å². The number of amides is 1. The molecule has 0 fully saturated rings. The summed E-state index contributed by atoms with van der Waals surface area (Å²) in [5.41, 5.74) is -0.106. The molecule has 1 aromatic heterocycles. The fourth-order valence-corrected chi connectivity index (χ4v) is 1.88. The van der Waals surface area contributed by atoms with E-state index in [0.717, 1.165) is 6.07 Å². The molecule has 7 heteroatoms. The largest absolute Gasteiger partial charge is 0.431 e. The molecule has 0 aliphatic heterocycles. The van der Waals surface area contributed by atoms with E-state index in [-0.39, 0.29) is 24.5 Å². The minimum atomic E-state index is -4.44. The molecular formula is C14H13F3N2O2. The van der Waals surface area contributed by atoms with E-state index < -0.39 is 11.9 Å². The highest BCUT2D eigenvalue weighted by Crippen LogP contribution is 2.31. The number of Topliss-reactive ketones (excluding diaryl/α,β-unsaturated/α-hetero) is 1. The number of aromatic amines is 1. The molecule has 0 saturated carbocycles. The van der Waals surface area contributed by atoms with Crippen LogP contribution in [0, 0.1) is 0 Å². The van der Waals surface area contributed by atoms with Crippen molar-refractivity contribution in [1.82, 2.24) is 4.98 Å². The SMILES string of the molecule is CC(=O)CCC(=O)Nc1ccc2[nH]c(C(F)(F)F)cc2c1. The molecule has 0 aliphatic rings. The number of ketones is 1. The first-order valence-corrected chi connectivity index (χ1v) is 6.25. The number of rotatable bonds is 4. The van der Waals surface area contributed by atoms with Gasteiger partial charge in [0, 0.05) is 29.4 Å². The van der Waals surface area contributed by atoms with Gasteiger partial charge < -0.3 is 15.1 Å². The van der Waals surface area contributed by atoms with Gasteiger partial charge in [-0.2, -0.15) is 13.2 Å². The van der Waals surface area contributed by atoms with E-state index in [0.29, 0.717) is 16.6 Å². The first kappa shape index (κ1) is 15.1. The second kappa shape index (κ2) is 5.59. The third-order valence-electron chi connectivity index (χ3n) is 2.91. The lowest BCUT2D eigenvalue weighted by Crippen LogP contribution is -2.12. The fraction of sp³-hybridized carbons (Fsp3) is 0.286. The Bertz CT molecular complexity index is 689. The van der Waals surface area contributed by atoms with Crippen LogP contribution in [0.3, 0.4) is 0 Å². The lowest BCUT2D eigenvalue weighted by atomic mass is 10.2. The Morgan fingerprint density at radius 1 is 1.19 bits per heavy atom. The first-order valence-electron chi connectivity index (χ1n) is 6.25. The van der Waals surface area contributed by atoms with Crippen molar-refractivity contribution in [2.45, 2.75) is 25.9 Å². The van der Waals surface area contributed by atoms with E-state index in [2.05, 4.69) is 10.3 Å². The van der Waals surface area contributed by atoms with Crippen LogP contribution in [-0.2, 0) is 15.8 Å². The monoisotopic (exact) mass is 298 g/mol. The van der Waals surface area contributed by atoms with Gasteiger partial charge in [-0.3, -0.25) is 4.79 Å². The smallest absolute Gasteiger partial charge is 0.351 e. The van der Waals surface area contributed by atoms with E-state index in [1.54, 1.807) is 0 Å². The molecule has 4 nitrogen and oxygen atoms in total. The summed E-state index contributed by atoms with van der Waals surface area (Å²) in [7, 11) is 0. The van der Waals surface area contributed by atoms with Gasteiger partial charge in [0.05, 0.1) is 0 Å². The summed E-state index contributed by atoms with van der Waals surface area (Å²) in [6.45, 7) is 1.39. The lowest BCUT2D eigenvalue weighted by molar-refractivity contribution is -0.140. The minimum absolute atomic E-state index is 0.0499. The zero-order chi connectivity index (χ0) is 15.6. The van der Waals surface area contributed by atoms with Crippen molar-refractivity contribution < 1.29 is 22.8 Å². The molecule has 2 N–H and O–H groups in total. The molecule has 0 unspecified atom stereocenters. The van der Waals surface area contributed by atoms with E-state index in [1.165, 1.54) is 25.1 Å². The van der Waals surface area contributed by atoms with Crippen molar-refractivity contribution in [2.24, 2.45) is 0 Å². The molecular weight excluding hydrogens is 285 g/mol. The van der Waals surface area contributed by atoms with Gasteiger partial charge in [-0.05, 0) is 31.2 Å². The summed E-state index contributed by atoms with van der Waals surface area (Å²) in [6.07, 6.45) is -4.26. The summed E-state index contributed by atoms with van der Waals surface area (Å²) < 4.78 is 37.7. The summed E-state index contributed by atoms with van der Waals surface area (Å²) in [5.74, 6) is -0.447. The lowest BCUT2D eigenvalue weighted by Gasteiger charge is -2.04. The van der Waals surface area contributed by atoms with Crippen molar-refractivity contribution >= 4 is 28.3 Å². The zero-order valence-corrected chi connectivity index (χ0v) is 11.2. The number of aromatic nitrogens is 1. The molecule has 2 aromatic rings. The predicted molar refractivity (Wildman–Crippen MR) is 71.8 cm³/mol. The molecule has 0 saturated heterocycles. The number of hydrogen-bond donors (Lipinski definition) is 2. The van der Waals surface area contributed by atoms with Gasteiger partial charge in [-0.25, -0.2) is 0 Å². The molecule has 112 valence electrons. The van der Waals surface area contributed by atoms with Crippen molar-refractivity contribution in [1.29, 1.82) is 0 Å². The fourth-order valence-electron chi connectivity index (χ4n) is 1.88. The van der Waals surface area contributed by atoms with E-state index in [4.69, 9.17) is 0 Å². The highest BCUT2D eigenvalue weighted by Gasteiger charge is 2.32. The standard InChI is InChI=1S/C14H13F3N2O2/c1-8(20)2-5-13(21)18-10-3-4-11-9(6-10)7-12(19-11)14(15,16)17/h3-4,6-7,19H,2,5H2,1H3,(H,18,21). The maximum atomic E-state index is 12.6. The molecule has 21 heavy (non-hydrogen) atoms. The molecule has 0 radical (unpaired) electrons. The molecule has 0 atom stereocenters. The highest BCUT2D eigenvalue weighted by molar-refractivity contribution is 5.95. The van der Waals surface area contributed by atoms with Crippen molar-refractivity contribution in [2.75, 3.05) is 5.32 Å². The van der Waals surface area contributed by atoms with Crippen LogP contribution in [0.2, 0.25) is 0 Å². The van der Waals surface area contributed by atoms with Crippen LogP contribution in [0.4, 0.5) is 18.9 Å². The zero-order valence-electron chi connectivity index (χ0n) is 11.2. The topological polar surface area (TPSA) is 62.0 Å². The van der Waals surface area contributed by atoms with Crippen LogP contribution in [-0.4, -0.2) is 16.7 Å². The second-order valence-corrected chi connectivity index (χ2v) is 4.73. The quantitative estimate of drug-likeness (QED) is 0.907. The Morgan fingerprint density at radius 3 is 2.52 bits per heavy atom. The number of carbonyl (C=O) groups excluding carboxylic acids is 2. The number of anilines is 1. The molecule has 1 aromatic carbocycles. The van der Waals surface area contributed by atoms with Crippen molar-refractivity contribution in [3.05, 3.63) is 30.0 Å². The number of carbonyl (C=O) groups is 2. The Balaban J connectivity index is 2.15. The van der Waals surface area contributed by atoms with Crippen LogP contribution in [0.15, 0.2) is 24.3 Å². The summed E-state index contributed by atoms with van der Waals surface area (Å²) in [4.78, 5) is 24.6. The Hall–Kier alpha value is -2.31. The molecule has 1 amide bonds. The molecule has 0 spiro atoms. The first-order chi connectivity index (χ1) is 9.75. The maximum absolute atomic E-state index is 12.6. The maximum Gasteiger partial charge on any atom is 0.431 e. The Labute approximate surface area is 118 Å². The predicted octanol–water partition coefficient (Wildman–Crippen LogP) is 3.49. The van der Waals surface area contributed by atoms with Gasteiger partial charge >= 0.3 is 6.18 Å². The Morgan fingerprint density at radius 2 is 1.90 bits per heavy atom.